The van der Waals surface area contributed by atoms with Crippen molar-refractivity contribution in [1.29, 1.82) is 0 Å². The summed E-state index contributed by atoms with van der Waals surface area (Å²) in [7, 11) is 0. The molecule has 0 radical (unpaired) electrons. The summed E-state index contributed by atoms with van der Waals surface area (Å²) in [5, 5.41) is 5.19. The van der Waals surface area contributed by atoms with Crippen LogP contribution in [0.1, 0.15) is 22.3 Å². The maximum atomic E-state index is 2.49. The molecule has 1 heterocycles. The predicted molar refractivity (Wildman–Crippen MR) is 259 cm³/mol. The molecule has 0 fully saturated rings. The Balaban J connectivity index is 0.995. The second-order valence-electron chi connectivity index (χ2n) is 16.4. The summed E-state index contributed by atoms with van der Waals surface area (Å²) in [5.74, 6) is 0. The van der Waals surface area contributed by atoms with Gasteiger partial charge in [-0.25, -0.2) is 0 Å². The van der Waals surface area contributed by atoms with E-state index in [0.717, 1.165) is 17.1 Å². The quantitative estimate of drug-likeness (QED) is 0.168. The third-order valence-electron chi connectivity index (χ3n) is 13.3. The minimum absolute atomic E-state index is 0.387. The molecule has 61 heavy (non-hydrogen) atoms. The summed E-state index contributed by atoms with van der Waals surface area (Å²) in [6, 6.07) is 83.5. The van der Waals surface area contributed by atoms with E-state index in [-0.39, 0.29) is 5.41 Å². The van der Waals surface area contributed by atoms with Gasteiger partial charge in [0.15, 0.2) is 0 Å². The van der Waals surface area contributed by atoms with Crippen LogP contribution in [0.15, 0.2) is 224 Å². The van der Waals surface area contributed by atoms with Crippen molar-refractivity contribution in [3.63, 3.8) is 0 Å². The minimum Gasteiger partial charge on any atom is -0.310 e. The van der Waals surface area contributed by atoms with Gasteiger partial charge in [0.2, 0.25) is 0 Å². The third kappa shape index (κ3) is 5.00. The molecule has 0 amide bonds. The number of anilines is 3. The van der Waals surface area contributed by atoms with Crippen molar-refractivity contribution in [2.24, 2.45) is 0 Å². The molecular formula is C59H37NS. The molecule has 10 aromatic carbocycles. The Morgan fingerprint density at radius 2 is 0.852 bits per heavy atom. The van der Waals surface area contributed by atoms with Crippen molar-refractivity contribution < 1.29 is 0 Å². The van der Waals surface area contributed by atoms with Crippen LogP contribution < -0.4 is 4.90 Å². The number of fused-ring (bicyclic) bond motifs is 15. The molecule has 284 valence electrons. The van der Waals surface area contributed by atoms with Crippen molar-refractivity contribution in [2.75, 3.05) is 4.90 Å². The van der Waals surface area contributed by atoms with Gasteiger partial charge in [-0.15, -0.1) is 11.3 Å². The normalized spacial score (nSPS) is 13.0. The van der Waals surface area contributed by atoms with Crippen LogP contribution in [0.25, 0.3) is 75.5 Å². The lowest BCUT2D eigenvalue weighted by Gasteiger charge is -2.30. The van der Waals surface area contributed by atoms with Crippen LogP contribution in [-0.4, -0.2) is 0 Å². The topological polar surface area (TPSA) is 3.24 Å². The van der Waals surface area contributed by atoms with Gasteiger partial charge in [0, 0.05) is 37.2 Å². The fourth-order valence-corrected chi connectivity index (χ4v) is 11.8. The zero-order valence-electron chi connectivity index (χ0n) is 33.2. The average Bonchev–Trinajstić information content (AvgIpc) is 3.96. The van der Waals surface area contributed by atoms with Gasteiger partial charge in [-0.2, -0.15) is 0 Å². The summed E-state index contributed by atoms with van der Waals surface area (Å²) in [4.78, 5) is 2.43. The highest BCUT2D eigenvalue weighted by Gasteiger charge is 2.51. The first-order valence-corrected chi connectivity index (χ1v) is 21.9. The van der Waals surface area contributed by atoms with E-state index >= 15 is 0 Å². The summed E-state index contributed by atoms with van der Waals surface area (Å²) < 4.78 is 2.61. The van der Waals surface area contributed by atoms with Crippen LogP contribution in [0.3, 0.4) is 0 Å². The first-order valence-electron chi connectivity index (χ1n) is 21.1. The Bertz CT molecular complexity index is 3480. The number of hydrogen-bond donors (Lipinski definition) is 0. The molecule has 0 atom stereocenters. The Hall–Kier alpha value is -7.52. The molecule has 0 N–H and O–H groups in total. The van der Waals surface area contributed by atoms with Crippen molar-refractivity contribution in [3.8, 4) is 44.5 Å². The number of nitrogens with zero attached hydrogens (tertiary/aromatic N) is 1. The molecule has 1 aromatic heterocycles. The number of benzene rings is 10. The van der Waals surface area contributed by atoms with Crippen molar-refractivity contribution in [3.05, 3.63) is 247 Å². The highest BCUT2D eigenvalue weighted by atomic mass is 32.1. The molecular weight excluding hydrogens is 755 g/mol. The van der Waals surface area contributed by atoms with Crippen LogP contribution in [0.2, 0.25) is 0 Å². The third-order valence-corrected chi connectivity index (χ3v) is 14.4. The van der Waals surface area contributed by atoms with Crippen molar-refractivity contribution >= 4 is 59.3 Å². The molecule has 0 saturated heterocycles. The van der Waals surface area contributed by atoms with Gasteiger partial charge in [0.25, 0.3) is 0 Å². The number of rotatable bonds is 5. The minimum atomic E-state index is -0.387. The van der Waals surface area contributed by atoms with Gasteiger partial charge in [-0.3, -0.25) is 0 Å². The molecule has 2 heteroatoms. The molecule has 0 unspecified atom stereocenters. The SMILES string of the molecule is c1ccc(-c2ccc(N(c3cccc(-c4ccc5c(c4)C4(c6ccccc6-c6ccccc64)c4ccccc4-5)c3)c3ccc4sc5ccc6ccccc6c5c4c3)cc2)cc1. The Kier molecular flexibility index (Phi) is 7.46. The summed E-state index contributed by atoms with van der Waals surface area (Å²) in [6.45, 7) is 0. The Labute approximate surface area is 359 Å². The van der Waals surface area contributed by atoms with E-state index < -0.39 is 0 Å². The summed E-state index contributed by atoms with van der Waals surface area (Å²) in [5.41, 5.74) is 18.5. The zero-order chi connectivity index (χ0) is 40.1. The molecule has 2 aliphatic carbocycles. The van der Waals surface area contributed by atoms with Crippen molar-refractivity contribution in [2.45, 2.75) is 5.41 Å². The highest BCUT2D eigenvalue weighted by Crippen LogP contribution is 2.63. The molecule has 11 aromatic rings. The van der Waals surface area contributed by atoms with Crippen molar-refractivity contribution in [1.82, 2.24) is 0 Å². The van der Waals surface area contributed by atoms with Crippen LogP contribution >= 0.6 is 11.3 Å². The lowest BCUT2D eigenvalue weighted by atomic mass is 9.70. The van der Waals surface area contributed by atoms with Gasteiger partial charge < -0.3 is 4.90 Å². The average molecular weight is 792 g/mol. The van der Waals surface area contributed by atoms with Gasteiger partial charge in [-0.05, 0) is 132 Å². The first kappa shape index (κ1) is 34.4. The maximum Gasteiger partial charge on any atom is 0.0725 e. The monoisotopic (exact) mass is 791 g/mol. The fraction of sp³-hybridized carbons (Fsp3) is 0.0169. The molecule has 1 spiro atoms. The number of thiophene rings is 1. The second-order valence-corrected chi connectivity index (χ2v) is 17.5. The highest BCUT2D eigenvalue weighted by molar-refractivity contribution is 7.26. The molecule has 1 nitrogen and oxygen atoms in total. The molecule has 13 rings (SSSR count). The predicted octanol–water partition coefficient (Wildman–Crippen LogP) is 16.4. The van der Waals surface area contributed by atoms with Gasteiger partial charge >= 0.3 is 0 Å². The van der Waals surface area contributed by atoms with E-state index in [2.05, 4.69) is 229 Å². The standard InChI is InChI=1S/C59H37NS/c1-2-13-38(14-3-1)39-25-29-43(30-26-39)60(45-31-34-56-51(37-45)58-46-18-5-4-15-40(46)28-33-57(58)61-56)44-17-12-16-41(35-44)42-27-32-50-49-21-8-11-24-54(49)59(55(50)36-42)52-22-9-6-19-47(52)48-20-7-10-23-53(48)59/h1-37H. The van der Waals surface area contributed by atoms with E-state index in [1.54, 1.807) is 0 Å². The lowest BCUT2D eigenvalue weighted by molar-refractivity contribution is 0.794. The number of hydrogen-bond acceptors (Lipinski definition) is 2. The van der Waals surface area contributed by atoms with E-state index in [4.69, 9.17) is 0 Å². The van der Waals surface area contributed by atoms with Crippen LogP contribution in [0.5, 0.6) is 0 Å². The molecule has 0 bridgehead atoms. The maximum absolute atomic E-state index is 2.49. The Morgan fingerprint density at radius 3 is 1.59 bits per heavy atom. The van der Waals surface area contributed by atoms with E-state index in [0.29, 0.717) is 0 Å². The molecule has 0 aliphatic heterocycles. The van der Waals surface area contributed by atoms with Crippen LogP contribution in [-0.2, 0) is 5.41 Å². The molecule has 2 aliphatic rings. The van der Waals surface area contributed by atoms with Gasteiger partial charge in [-0.1, -0.05) is 170 Å². The Morgan fingerprint density at radius 1 is 0.311 bits per heavy atom. The summed E-state index contributed by atoms with van der Waals surface area (Å²) >= 11 is 1.87. The lowest BCUT2D eigenvalue weighted by Crippen LogP contribution is -2.25. The van der Waals surface area contributed by atoms with E-state index in [1.807, 2.05) is 11.3 Å². The van der Waals surface area contributed by atoms with Crippen LogP contribution in [0, 0.1) is 0 Å². The zero-order valence-corrected chi connectivity index (χ0v) is 34.0. The largest absolute Gasteiger partial charge is 0.310 e. The smallest absolute Gasteiger partial charge is 0.0725 e. The molecule has 0 saturated carbocycles. The fourth-order valence-electron chi connectivity index (χ4n) is 10.7. The van der Waals surface area contributed by atoms with E-state index in [1.165, 1.54) is 97.7 Å². The second kappa shape index (κ2) is 13.2. The summed E-state index contributed by atoms with van der Waals surface area (Å²) in [6.07, 6.45) is 0. The van der Waals surface area contributed by atoms with E-state index in [9.17, 15) is 0 Å². The van der Waals surface area contributed by atoms with Gasteiger partial charge in [0.1, 0.15) is 0 Å². The van der Waals surface area contributed by atoms with Crippen LogP contribution in [0.4, 0.5) is 17.1 Å². The van der Waals surface area contributed by atoms with Gasteiger partial charge in [0.05, 0.1) is 5.41 Å². The first-order chi connectivity index (χ1) is 30.2.